The number of hydrogen-bond donors (Lipinski definition) is 0. The SMILES string of the molecule is ISc1ccccc1. The summed E-state index contributed by atoms with van der Waals surface area (Å²) < 4.78 is 0. The highest BCUT2D eigenvalue weighted by atomic mass is 127. The van der Waals surface area contributed by atoms with Crippen LogP contribution in [0.5, 0.6) is 0 Å². The molecular formula is C6H5IS. The lowest BCUT2D eigenvalue weighted by Crippen LogP contribution is -1.59. The third-order valence-corrected chi connectivity index (χ3v) is 2.81. The Hall–Kier alpha value is 0.300. The Balaban J connectivity index is 2.83. The molecule has 1 aromatic rings. The van der Waals surface area contributed by atoms with Gasteiger partial charge in [0.1, 0.15) is 0 Å². The molecule has 0 atom stereocenters. The molecule has 0 nitrogen and oxygen atoms in total. The van der Waals surface area contributed by atoms with Crippen LogP contribution < -0.4 is 0 Å². The minimum absolute atomic E-state index is 1.31. The van der Waals surface area contributed by atoms with Crippen molar-refractivity contribution in [3.63, 3.8) is 0 Å². The second-order valence-electron chi connectivity index (χ2n) is 1.39. The summed E-state index contributed by atoms with van der Waals surface area (Å²) in [5.41, 5.74) is 0. The predicted molar refractivity (Wildman–Crippen MR) is 46.3 cm³/mol. The minimum atomic E-state index is 1.31. The Morgan fingerprint density at radius 1 is 1.12 bits per heavy atom. The van der Waals surface area contributed by atoms with Crippen LogP contribution in [0.3, 0.4) is 0 Å². The van der Waals surface area contributed by atoms with Crippen LogP contribution in [0.1, 0.15) is 0 Å². The fourth-order valence-corrected chi connectivity index (χ4v) is 1.61. The molecule has 0 bridgehead atoms. The highest BCUT2D eigenvalue weighted by Gasteiger charge is 1.82. The van der Waals surface area contributed by atoms with Gasteiger partial charge in [0.2, 0.25) is 0 Å². The molecule has 0 saturated heterocycles. The van der Waals surface area contributed by atoms with Gasteiger partial charge in [0.25, 0.3) is 0 Å². The molecule has 0 aromatic heterocycles. The molecule has 0 N–H and O–H groups in total. The molecule has 0 aliphatic carbocycles. The zero-order chi connectivity index (χ0) is 5.82. The first-order valence-electron chi connectivity index (χ1n) is 2.27. The molecule has 1 aromatic carbocycles. The maximum absolute atomic E-state index is 2.27. The smallest absolute Gasteiger partial charge is 0.0178 e. The molecular weight excluding hydrogens is 231 g/mol. The Labute approximate surface area is 65.3 Å². The molecule has 2 heteroatoms. The van der Waals surface area contributed by atoms with E-state index in [4.69, 9.17) is 0 Å². The monoisotopic (exact) mass is 236 g/mol. The van der Waals surface area contributed by atoms with Gasteiger partial charge < -0.3 is 0 Å². The van der Waals surface area contributed by atoms with Crippen LogP contribution in [0.2, 0.25) is 0 Å². The summed E-state index contributed by atoms with van der Waals surface area (Å²) in [6, 6.07) is 10.3. The lowest BCUT2D eigenvalue weighted by molar-refractivity contribution is 1.48. The van der Waals surface area contributed by atoms with Gasteiger partial charge in [-0.3, -0.25) is 0 Å². The summed E-state index contributed by atoms with van der Waals surface area (Å²) in [7, 11) is 1.74. The predicted octanol–water partition coefficient (Wildman–Crippen LogP) is 3.13. The fourth-order valence-electron chi connectivity index (χ4n) is 0.472. The van der Waals surface area contributed by atoms with Gasteiger partial charge in [0.15, 0.2) is 0 Å². The maximum Gasteiger partial charge on any atom is 0.0178 e. The summed E-state index contributed by atoms with van der Waals surface area (Å²) in [5.74, 6) is 0. The fraction of sp³-hybridized carbons (Fsp3) is 0. The molecule has 0 radical (unpaired) electrons. The number of benzene rings is 1. The van der Waals surface area contributed by atoms with Crippen molar-refractivity contribution in [2.45, 2.75) is 4.90 Å². The molecule has 0 amide bonds. The topological polar surface area (TPSA) is 0 Å². The molecule has 0 saturated carbocycles. The second kappa shape index (κ2) is 3.35. The highest BCUT2D eigenvalue weighted by molar-refractivity contribution is 14.2. The molecule has 0 aliphatic heterocycles. The van der Waals surface area contributed by atoms with Crippen LogP contribution in [-0.2, 0) is 0 Å². The Kier molecular flexibility index (Phi) is 2.69. The van der Waals surface area contributed by atoms with Crippen LogP contribution >= 0.6 is 30.1 Å². The Bertz CT molecular complexity index is 150. The van der Waals surface area contributed by atoms with E-state index < -0.39 is 0 Å². The molecule has 1 rings (SSSR count). The number of halogens is 1. The quantitative estimate of drug-likeness (QED) is 0.675. The highest BCUT2D eigenvalue weighted by Crippen LogP contribution is 2.23. The Morgan fingerprint density at radius 2 is 1.75 bits per heavy atom. The van der Waals surface area contributed by atoms with Crippen molar-refractivity contribution in [1.29, 1.82) is 0 Å². The largest absolute Gasteiger partial charge is 0.0622 e. The van der Waals surface area contributed by atoms with Crippen molar-refractivity contribution < 1.29 is 0 Å². The van der Waals surface area contributed by atoms with E-state index in [-0.39, 0.29) is 0 Å². The van der Waals surface area contributed by atoms with Gasteiger partial charge in [-0.25, -0.2) is 0 Å². The van der Waals surface area contributed by atoms with E-state index in [1.54, 1.807) is 8.93 Å². The van der Waals surface area contributed by atoms with Crippen LogP contribution in [0.4, 0.5) is 0 Å². The number of rotatable bonds is 1. The van der Waals surface area contributed by atoms with Crippen molar-refractivity contribution >= 4 is 30.1 Å². The van der Waals surface area contributed by atoms with E-state index in [2.05, 4.69) is 33.3 Å². The van der Waals surface area contributed by atoms with E-state index in [1.807, 2.05) is 18.2 Å². The second-order valence-corrected chi connectivity index (χ2v) is 3.34. The van der Waals surface area contributed by atoms with Crippen LogP contribution in [0, 0.1) is 0 Å². The average Bonchev–Trinajstić information content (AvgIpc) is 1.90. The first-order chi connectivity index (χ1) is 3.93. The lowest BCUT2D eigenvalue weighted by Gasteiger charge is -1.87. The van der Waals surface area contributed by atoms with Crippen molar-refractivity contribution in [1.82, 2.24) is 0 Å². The van der Waals surface area contributed by atoms with Gasteiger partial charge in [-0.05, 0) is 12.1 Å². The van der Waals surface area contributed by atoms with E-state index in [1.165, 1.54) is 4.90 Å². The molecule has 0 unspecified atom stereocenters. The van der Waals surface area contributed by atoms with Crippen molar-refractivity contribution in [2.75, 3.05) is 0 Å². The van der Waals surface area contributed by atoms with Gasteiger partial charge in [0, 0.05) is 26.1 Å². The van der Waals surface area contributed by atoms with Crippen LogP contribution in [0.15, 0.2) is 35.2 Å². The molecule has 8 heavy (non-hydrogen) atoms. The van der Waals surface area contributed by atoms with Gasteiger partial charge in [0.05, 0.1) is 0 Å². The molecule has 0 spiro atoms. The van der Waals surface area contributed by atoms with Gasteiger partial charge in [-0.1, -0.05) is 27.1 Å². The molecule has 42 valence electrons. The van der Waals surface area contributed by atoms with Gasteiger partial charge in [-0.15, -0.1) is 0 Å². The molecule has 0 aliphatic rings. The summed E-state index contributed by atoms with van der Waals surface area (Å²) in [4.78, 5) is 1.31. The lowest BCUT2D eigenvalue weighted by atomic mass is 10.4. The summed E-state index contributed by atoms with van der Waals surface area (Å²) in [6.07, 6.45) is 0. The van der Waals surface area contributed by atoms with Crippen LogP contribution in [-0.4, -0.2) is 0 Å². The molecule has 0 heterocycles. The zero-order valence-corrected chi connectivity index (χ0v) is 7.15. The first kappa shape index (κ1) is 6.42. The van der Waals surface area contributed by atoms with Crippen molar-refractivity contribution in [3.8, 4) is 0 Å². The normalized spacial score (nSPS) is 9.12. The Morgan fingerprint density at radius 3 is 2.12 bits per heavy atom. The maximum atomic E-state index is 2.27. The van der Waals surface area contributed by atoms with Gasteiger partial charge >= 0.3 is 0 Å². The van der Waals surface area contributed by atoms with Crippen LogP contribution in [0.25, 0.3) is 0 Å². The third kappa shape index (κ3) is 1.67. The van der Waals surface area contributed by atoms with Crippen molar-refractivity contribution in [3.05, 3.63) is 30.3 Å². The standard InChI is InChI=1S/C6H5IS/c7-8-6-4-2-1-3-5-6/h1-5H. The van der Waals surface area contributed by atoms with E-state index in [0.29, 0.717) is 0 Å². The summed E-state index contributed by atoms with van der Waals surface area (Å²) in [5, 5.41) is 0. The first-order valence-corrected chi connectivity index (χ1v) is 5.63. The van der Waals surface area contributed by atoms with E-state index in [9.17, 15) is 0 Å². The average molecular weight is 236 g/mol. The zero-order valence-electron chi connectivity index (χ0n) is 4.17. The molecule has 0 fully saturated rings. The van der Waals surface area contributed by atoms with E-state index in [0.717, 1.165) is 0 Å². The summed E-state index contributed by atoms with van der Waals surface area (Å²) >= 11 is 2.27. The minimum Gasteiger partial charge on any atom is -0.0622 e. The summed E-state index contributed by atoms with van der Waals surface area (Å²) in [6.45, 7) is 0. The van der Waals surface area contributed by atoms with Gasteiger partial charge in [-0.2, -0.15) is 0 Å². The third-order valence-electron chi connectivity index (χ3n) is 0.832. The number of hydrogen-bond acceptors (Lipinski definition) is 1. The van der Waals surface area contributed by atoms with Crippen molar-refractivity contribution in [2.24, 2.45) is 0 Å². The van der Waals surface area contributed by atoms with E-state index >= 15 is 0 Å².